The summed E-state index contributed by atoms with van der Waals surface area (Å²) in [6.45, 7) is 4.15. The van der Waals surface area contributed by atoms with Crippen LogP contribution in [-0.2, 0) is 26.1 Å². The summed E-state index contributed by atoms with van der Waals surface area (Å²) in [6, 6.07) is 0. The molecule has 1 aromatic heterocycles. The highest BCUT2D eigenvalue weighted by atomic mass is 35.5. The summed E-state index contributed by atoms with van der Waals surface area (Å²) in [5.74, 6) is -0.0790. The molecule has 0 aliphatic carbocycles. The molecule has 114 valence electrons. The van der Waals surface area contributed by atoms with Gasteiger partial charge in [-0.1, -0.05) is 6.92 Å². The molecule has 0 saturated carbocycles. The zero-order valence-electron chi connectivity index (χ0n) is 11.6. The Morgan fingerprint density at radius 2 is 2.25 bits per heavy atom. The SMILES string of the molecule is CCCn1cc(S(=O)(=O)NCC(Cl)C(=O)OC)nc1C. The average molecular weight is 324 g/mol. The minimum atomic E-state index is -3.79. The number of nitrogens with zero attached hydrogens (tertiary/aromatic N) is 2. The summed E-state index contributed by atoms with van der Waals surface area (Å²) in [7, 11) is -2.61. The van der Waals surface area contributed by atoms with Gasteiger partial charge in [0.1, 0.15) is 11.2 Å². The molecule has 0 saturated heterocycles. The van der Waals surface area contributed by atoms with Gasteiger partial charge in [0.2, 0.25) is 0 Å². The van der Waals surface area contributed by atoms with Crippen LogP contribution < -0.4 is 4.72 Å². The van der Waals surface area contributed by atoms with Gasteiger partial charge in [-0.2, -0.15) is 0 Å². The first-order valence-corrected chi connectivity index (χ1v) is 7.99. The Labute approximate surface area is 123 Å². The molecule has 20 heavy (non-hydrogen) atoms. The third-order valence-electron chi connectivity index (χ3n) is 2.60. The fourth-order valence-electron chi connectivity index (χ4n) is 1.54. The van der Waals surface area contributed by atoms with Crippen molar-refractivity contribution in [1.82, 2.24) is 14.3 Å². The summed E-state index contributed by atoms with van der Waals surface area (Å²) in [5, 5.41) is -1.16. The summed E-state index contributed by atoms with van der Waals surface area (Å²) in [4.78, 5) is 15.1. The van der Waals surface area contributed by atoms with Crippen LogP contribution in [0.5, 0.6) is 0 Å². The maximum atomic E-state index is 12.0. The second-order valence-electron chi connectivity index (χ2n) is 4.16. The van der Waals surface area contributed by atoms with E-state index in [9.17, 15) is 13.2 Å². The number of nitrogens with one attached hydrogen (secondary N) is 1. The summed E-state index contributed by atoms with van der Waals surface area (Å²) in [6.07, 6.45) is 2.33. The second-order valence-corrected chi connectivity index (χ2v) is 6.40. The third kappa shape index (κ3) is 4.19. The van der Waals surface area contributed by atoms with Gasteiger partial charge >= 0.3 is 5.97 Å². The molecular weight excluding hydrogens is 306 g/mol. The molecule has 0 fully saturated rings. The highest BCUT2D eigenvalue weighted by Crippen LogP contribution is 2.10. The molecule has 0 bridgehead atoms. The van der Waals surface area contributed by atoms with E-state index in [1.807, 2.05) is 6.92 Å². The number of esters is 1. The molecule has 1 N–H and O–H groups in total. The number of sulfonamides is 1. The molecule has 1 atom stereocenters. The van der Waals surface area contributed by atoms with Gasteiger partial charge < -0.3 is 9.30 Å². The van der Waals surface area contributed by atoms with Gasteiger partial charge in [0.15, 0.2) is 5.03 Å². The van der Waals surface area contributed by atoms with Crippen molar-refractivity contribution in [2.75, 3.05) is 13.7 Å². The van der Waals surface area contributed by atoms with E-state index in [1.165, 1.54) is 13.3 Å². The number of hydrogen-bond acceptors (Lipinski definition) is 5. The summed E-state index contributed by atoms with van der Waals surface area (Å²) >= 11 is 5.68. The standard InChI is InChI=1S/C11H18ClN3O4S/c1-4-5-15-7-10(14-8(15)2)20(17,18)13-6-9(12)11(16)19-3/h7,9,13H,4-6H2,1-3H3. The van der Waals surface area contributed by atoms with Gasteiger partial charge in [0.05, 0.1) is 7.11 Å². The second kappa shape index (κ2) is 7.05. The number of carbonyl (C=O) groups excluding carboxylic acids is 1. The Kier molecular flexibility index (Phi) is 5.97. The van der Waals surface area contributed by atoms with Gasteiger partial charge in [-0.05, 0) is 13.3 Å². The summed E-state index contributed by atoms with van der Waals surface area (Å²) < 4.78 is 32.4. The molecule has 1 unspecified atom stereocenters. The van der Waals surface area contributed by atoms with Crippen LogP contribution in [0.2, 0.25) is 0 Å². The van der Waals surface area contributed by atoms with Crippen molar-refractivity contribution in [3.05, 3.63) is 12.0 Å². The number of aryl methyl sites for hydroxylation is 2. The monoisotopic (exact) mass is 323 g/mol. The van der Waals surface area contributed by atoms with Crippen LogP contribution in [0.25, 0.3) is 0 Å². The van der Waals surface area contributed by atoms with Crippen molar-refractivity contribution in [2.45, 2.75) is 37.2 Å². The lowest BCUT2D eigenvalue weighted by Crippen LogP contribution is -2.34. The van der Waals surface area contributed by atoms with Crippen LogP contribution in [-0.4, -0.2) is 43.0 Å². The molecule has 0 amide bonds. The maximum Gasteiger partial charge on any atom is 0.325 e. The van der Waals surface area contributed by atoms with Crippen molar-refractivity contribution in [1.29, 1.82) is 0 Å². The number of hydrogen-bond donors (Lipinski definition) is 1. The fourth-order valence-corrected chi connectivity index (χ4v) is 2.85. The van der Waals surface area contributed by atoms with Gasteiger partial charge in [0, 0.05) is 19.3 Å². The average Bonchev–Trinajstić information content (AvgIpc) is 2.78. The first-order valence-electron chi connectivity index (χ1n) is 6.07. The lowest BCUT2D eigenvalue weighted by atomic mass is 10.4. The van der Waals surface area contributed by atoms with Crippen LogP contribution in [0.1, 0.15) is 19.2 Å². The predicted octanol–water partition coefficient (Wildman–Crippen LogP) is 0.660. The lowest BCUT2D eigenvalue weighted by molar-refractivity contribution is -0.140. The molecule has 9 heteroatoms. The number of methoxy groups -OCH3 is 1. The molecular formula is C11H18ClN3O4S. The molecule has 1 heterocycles. The van der Waals surface area contributed by atoms with Crippen molar-refractivity contribution in [2.24, 2.45) is 0 Å². The molecule has 1 aromatic rings. The first kappa shape index (κ1) is 16.9. The van der Waals surface area contributed by atoms with E-state index in [2.05, 4.69) is 14.4 Å². The number of rotatable bonds is 7. The van der Waals surface area contributed by atoms with Crippen molar-refractivity contribution in [3.63, 3.8) is 0 Å². The van der Waals surface area contributed by atoms with E-state index in [-0.39, 0.29) is 11.6 Å². The molecule has 0 aromatic carbocycles. The van der Waals surface area contributed by atoms with Crippen molar-refractivity contribution in [3.8, 4) is 0 Å². The van der Waals surface area contributed by atoms with Crippen LogP contribution in [0.15, 0.2) is 11.2 Å². The Morgan fingerprint density at radius 1 is 1.60 bits per heavy atom. The maximum absolute atomic E-state index is 12.0. The summed E-state index contributed by atoms with van der Waals surface area (Å²) in [5.41, 5.74) is 0. The molecule has 1 rings (SSSR count). The minimum absolute atomic E-state index is 0.0859. The van der Waals surface area contributed by atoms with Crippen molar-refractivity contribution < 1.29 is 17.9 Å². The van der Waals surface area contributed by atoms with Crippen LogP contribution in [0.3, 0.4) is 0 Å². The molecule has 0 radical (unpaired) electrons. The van der Waals surface area contributed by atoms with Crippen LogP contribution in [0.4, 0.5) is 0 Å². The number of imidazole rings is 1. The lowest BCUT2D eigenvalue weighted by Gasteiger charge is -2.08. The number of alkyl halides is 1. The first-order chi connectivity index (χ1) is 9.31. The molecule has 0 spiro atoms. The predicted molar refractivity (Wildman–Crippen MR) is 74.1 cm³/mol. The molecule has 0 aliphatic rings. The fraction of sp³-hybridized carbons (Fsp3) is 0.636. The van der Waals surface area contributed by atoms with E-state index in [1.54, 1.807) is 11.5 Å². The zero-order valence-corrected chi connectivity index (χ0v) is 13.2. The van der Waals surface area contributed by atoms with E-state index in [0.29, 0.717) is 12.4 Å². The van der Waals surface area contributed by atoms with Crippen molar-refractivity contribution >= 4 is 27.6 Å². The smallest absolute Gasteiger partial charge is 0.325 e. The van der Waals surface area contributed by atoms with Gasteiger partial charge in [-0.15, -0.1) is 11.6 Å². The highest BCUT2D eigenvalue weighted by molar-refractivity contribution is 7.89. The minimum Gasteiger partial charge on any atom is -0.468 e. The van der Waals surface area contributed by atoms with E-state index < -0.39 is 21.4 Å². The topological polar surface area (TPSA) is 90.3 Å². The zero-order chi connectivity index (χ0) is 15.3. The van der Waals surface area contributed by atoms with Crippen LogP contribution >= 0.6 is 11.6 Å². The molecule has 7 nitrogen and oxygen atoms in total. The van der Waals surface area contributed by atoms with Gasteiger partial charge in [0.25, 0.3) is 10.0 Å². The van der Waals surface area contributed by atoms with E-state index in [4.69, 9.17) is 11.6 Å². The van der Waals surface area contributed by atoms with E-state index in [0.717, 1.165) is 6.42 Å². The number of ether oxygens (including phenoxy) is 1. The Hall–Kier alpha value is -1.12. The largest absolute Gasteiger partial charge is 0.468 e. The normalized spacial score (nSPS) is 13.2. The van der Waals surface area contributed by atoms with Gasteiger partial charge in [-0.3, -0.25) is 4.79 Å². The number of halogens is 1. The Morgan fingerprint density at radius 3 is 2.80 bits per heavy atom. The van der Waals surface area contributed by atoms with Crippen LogP contribution in [0, 0.1) is 6.92 Å². The number of aromatic nitrogens is 2. The molecule has 0 aliphatic heterocycles. The van der Waals surface area contributed by atoms with E-state index >= 15 is 0 Å². The Bertz CT molecular complexity index is 570. The third-order valence-corrected chi connectivity index (χ3v) is 4.23. The quantitative estimate of drug-likeness (QED) is 0.588. The highest BCUT2D eigenvalue weighted by Gasteiger charge is 2.23. The Balaban J connectivity index is 2.79. The number of carbonyl (C=O) groups is 1. The van der Waals surface area contributed by atoms with Gasteiger partial charge in [-0.25, -0.2) is 18.1 Å².